The van der Waals surface area contributed by atoms with Gasteiger partial charge in [-0.2, -0.15) is 95.1 Å². The summed E-state index contributed by atoms with van der Waals surface area (Å²) in [6.07, 6.45) is 6.54. The molecular formula is C86H100Cl4Zr2. The molecule has 0 saturated carbocycles. The Hall–Kier alpha value is -4.87. The minimum atomic E-state index is 0. The number of benzene rings is 8. The Labute approximate surface area is 611 Å². The van der Waals surface area contributed by atoms with Crippen LogP contribution in [0.25, 0.3) is 22.3 Å². The molecule has 0 aliphatic heterocycles. The number of hydrogen-bond donors (Lipinski definition) is 0. The summed E-state index contributed by atoms with van der Waals surface area (Å²) in [7, 11) is 0. The smallest absolute Gasteiger partial charge is 0.147 e. The molecule has 480 valence electrons. The molecule has 12 rings (SSSR count). The molecule has 0 amide bonds. The van der Waals surface area contributed by atoms with Crippen LogP contribution in [0, 0.1) is 39.8 Å². The normalized spacial score (nSPS) is 11.3. The van der Waals surface area contributed by atoms with Gasteiger partial charge in [-0.3, -0.25) is 0 Å². The van der Waals surface area contributed by atoms with Gasteiger partial charge in [-0.15, -0.1) is 60.8 Å². The summed E-state index contributed by atoms with van der Waals surface area (Å²) in [6.45, 7) is 36.0. The van der Waals surface area contributed by atoms with Crippen LogP contribution in [0.4, 0.5) is 0 Å². The van der Waals surface area contributed by atoms with E-state index in [2.05, 4.69) is 281 Å². The molecule has 10 aromatic carbocycles. The Morgan fingerprint density at radius 1 is 0.359 bits per heavy atom. The Balaban J connectivity index is 0.000000300. The molecule has 0 heterocycles. The van der Waals surface area contributed by atoms with Crippen molar-refractivity contribution in [2.45, 2.75) is 171 Å². The Morgan fingerprint density at radius 2 is 0.685 bits per heavy atom. The van der Waals surface area contributed by atoms with E-state index in [1.54, 1.807) is 54.9 Å². The van der Waals surface area contributed by atoms with Gasteiger partial charge in [-0.25, -0.2) is 24.3 Å². The molecule has 0 saturated heterocycles. The van der Waals surface area contributed by atoms with Crippen molar-refractivity contribution >= 4 is 56.0 Å². The third-order valence-electron chi connectivity index (χ3n) is 16.5. The molecule has 0 radical (unpaired) electrons. The number of hydrogen-bond acceptors (Lipinski definition) is 0. The van der Waals surface area contributed by atoms with Gasteiger partial charge in [0.1, 0.15) is 0 Å². The molecule has 0 atom stereocenters. The van der Waals surface area contributed by atoms with Gasteiger partial charge >= 0.3 is 250 Å². The van der Waals surface area contributed by atoms with E-state index in [9.17, 15) is 0 Å². The standard InChI is InChI=1S/2C21H25.2C17H18.2C5H5.4ClH.2Zr/c2*1-20(2,3)16-9-7-14-11-15-8-10-17(21(4,5)6)13-19(15)18(14)12-16;1-14-6-3-8-16(12-14)10-5-11-17-9-4-7-15(2)13-17;1-14-8-3-5-10-16(14)12-7-13-17-11-6-4-9-15(17)2;2*1-2-4-5-3-1;;;;;;/h2*7,9-10,12-13H,11H2,1-6H3;3-4,6-9,12-13H,10-11H2,1-2H3;3-6,8-11H,12-13H2,1-2H3;2*1-5H;4*1H;;/q2*-1;;;2*-1;;;;;2*+2. The maximum absolute atomic E-state index is 3.53. The predicted molar refractivity (Wildman–Crippen MR) is 404 cm³/mol. The van der Waals surface area contributed by atoms with E-state index in [0.717, 1.165) is 38.5 Å². The fourth-order valence-electron chi connectivity index (χ4n) is 10.9. The number of fused-ring (bicyclic) bond motifs is 6. The molecule has 10 aromatic rings. The molecule has 2 aliphatic carbocycles. The molecule has 0 nitrogen and oxygen atoms in total. The zero-order valence-corrected chi connectivity index (χ0v) is 65.8. The van der Waals surface area contributed by atoms with Crippen LogP contribution in [-0.2, 0) is 109 Å². The Kier molecular flexibility index (Phi) is 33.1. The van der Waals surface area contributed by atoms with Gasteiger partial charge in [0.2, 0.25) is 0 Å². The van der Waals surface area contributed by atoms with Crippen molar-refractivity contribution in [2.24, 2.45) is 0 Å². The van der Waals surface area contributed by atoms with Crippen LogP contribution in [0.15, 0.2) is 218 Å². The van der Waals surface area contributed by atoms with Crippen molar-refractivity contribution in [1.82, 2.24) is 0 Å². The summed E-state index contributed by atoms with van der Waals surface area (Å²) >= 11 is 3.11. The Bertz CT molecular complexity index is 3460. The van der Waals surface area contributed by atoms with E-state index in [1.807, 2.05) is 60.7 Å². The summed E-state index contributed by atoms with van der Waals surface area (Å²) in [6, 6.07) is 85.2. The van der Waals surface area contributed by atoms with Crippen molar-refractivity contribution in [3.05, 3.63) is 320 Å². The summed E-state index contributed by atoms with van der Waals surface area (Å²) in [5.74, 6) is 0. The molecule has 0 N–H and O–H groups in total. The zero-order chi connectivity index (χ0) is 63.8. The summed E-state index contributed by atoms with van der Waals surface area (Å²) < 4.78 is 3.23. The summed E-state index contributed by atoms with van der Waals surface area (Å²) in [4.78, 5) is 0. The molecule has 0 fully saturated rings. The molecular weight excluding hydrogens is 1360 g/mol. The van der Waals surface area contributed by atoms with E-state index < -0.39 is 0 Å². The van der Waals surface area contributed by atoms with E-state index in [1.165, 1.54) is 111 Å². The van der Waals surface area contributed by atoms with E-state index >= 15 is 0 Å². The average Bonchev–Trinajstić information content (AvgIpc) is 1.63. The van der Waals surface area contributed by atoms with E-state index in [-0.39, 0.29) is 71.3 Å². The van der Waals surface area contributed by atoms with Gasteiger partial charge in [-0.05, 0) is 34.8 Å². The third kappa shape index (κ3) is 25.0. The number of halogens is 4. The van der Waals surface area contributed by atoms with Crippen LogP contribution >= 0.6 is 49.6 Å². The maximum atomic E-state index is 3.53. The first-order chi connectivity index (χ1) is 41.6. The minimum absolute atomic E-state index is 0. The fourth-order valence-corrected chi connectivity index (χ4v) is 12.9. The molecule has 0 aromatic heterocycles. The van der Waals surface area contributed by atoms with E-state index in [4.69, 9.17) is 0 Å². The minimum Gasteiger partial charge on any atom is -0.214 e. The largest absolute Gasteiger partial charge is 0.214 e. The van der Waals surface area contributed by atoms with Gasteiger partial charge < -0.3 is 0 Å². The van der Waals surface area contributed by atoms with Crippen LogP contribution in [0.2, 0.25) is 0 Å². The first kappa shape index (κ1) is 81.4. The van der Waals surface area contributed by atoms with Crippen LogP contribution in [-0.4, -0.2) is 6.41 Å². The second-order valence-electron chi connectivity index (χ2n) is 28.3. The van der Waals surface area contributed by atoms with Gasteiger partial charge in [0.15, 0.2) is 0 Å². The SMILES string of the molecule is CC(C)(C)c1c[c-]c2c(c1)-c1cc(C(C)(C)C)ccc1C2.CC(C)(C)c1c[c-]c2c(c1)-c1cc(C(C)(C)C)ccc1C2.Cc1cccc(C[C](=[Zr+2])Cc2cccc(C)c2)c1.Cc1ccccc1C[C](=[Zr+2])Cc1ccccc1C.Cl.Cl.Cl.Cl.c1cc[cH-]c1.c1cc[cH-]c1. The average molecular weight is 1460 g/mol. The van der Waals surface area contributed by atoms with Gasteiger partial charge in [0.05, 0.1) is 0 Å². The van der Waals surface area contributed by atoms with Crippen LogP contribution in [0.1, 0.15) is 172 Å². The van der Waals surface area contributed by atoms with Crippen molar-refractivity contribution in [3.63, 3.8) is 0 Å². The maximum Gasteiger partial charge on any atom is -0.147 e. The second kappa shape index (κ2) is 37.4. The summed E-state index contributed by atoms with van der Waals surface area (Å²) in [5.41, 5.74) is 28.9. The van der Waals surface area contributed by atoms with E-state index in [0.29, 0.717) is 0 Å². The first-order valence-electron chi connectivity index (χ1n) is 31.7. The molecule has 0 spiro atoms. The van der Waals surface area contributed by atoms with Gasteiger partial charge in [0, 0.05) is 0 Å². The molecule has 2 aliphatic rings. The monoisotopic (exact) mass is 1450 g/mol. The number of aryl methyl sites for hydroxylation is 4. The number of rotatable bonds is 8. The fraction of sp³-hybridized carbons (Fsp3) is 0.302. The summed E-state index contributed by atoms with van der Waals surface area (Å²) in [5, 5.41) is 0. The Morgan fingerprint density at radius 3 is 0.989 bits per heavy atom. The van der Waals surface area contributed by atoms with Gasteiger partial charge in [0.25, 0.3) is 0 Å². The predicted octanol–water partition coefficient (Wildman–Crippen LogP) is 23.4. The topological polar surface area (TPSA) is 0 Å². The quantitative estimate of drug-likeness (QED) is 0.133. The molecule has 0 bridgehead atoms. The second-order valence-corrected chi connectivity index (χ2v) is 31.8. The van der Waals surface area contributed by atoms with Crippen LogP contribution in [0.5, 0.6) is 0 Å². The molecule has 0 unspecified atom stereocenters. The molecule has 92 heavy (non-hydrogen) atoms. The van der Waals surface area contributed by atoms with Crippen molar-refractivity contribution in [3.8, 4) is 22.3 Å². The van der Waals surface area contributed by atoms with Crippen molar-refractivity contribution < 1.29 is 48.5 Å². The zero-order valence-electron chi connectivity index (χ0n) is 57.7. The first-order valence-corrected chi connectivity index (χ1v) is 34.1. The third-order valence-corrected chi connectivity index (χ3v) is 18.2. The van der Waals surface area contributed by atoms with Crippen molar-refractivity contribution in [1.29, 1.82) is 0 Å². The van der Waals surface area contributed by atoms with Gasteiger partial charge in [-0.1, -0.05) is 153 Å². The van der Waals surface area contributed by atoms with Crippen molar-refractivity contribution in [2.75, 3.05) is 0 Å². The van der Waals surface area contributed by atoms with Crippen LogP contribution in [0.3, 0.4) is 0 Å². The van der Waals surface area contributed by atoms with Crippen LogP contribution < -0.4 is 0 Å². The molecule has 6 heteroatoms.